The number of pyridine rings is 1. The van der Waals surface area contributed by atoms with E-state index in [1.54, 1.807) is 12.4 Å². The SMILES string of the molecule is Cc1n[nH]c(C)c1[C@@H]1CCCN1C(=O)NCC(C)(C)c1ccncc1. The molecule has 1 fully saturated rings. The largest absolute Gasteiger partial charge is 0.337 e. The number of aryl methyl sites for hydroxylation is 2. The van der Waals surface area contributed by atoms with Gasteiger partial charge in [-0.2, -0.15) is 5.10 Å². The van der Waals surface area contributed by atoms with Crippen LogP contribution >= 0.6 is 0 Å². The average Bonchev–Trinajstić information content (AvgIpc) is 3.20. The third kappa shape index (κ3) is 3.52. The highest BCUT2D eigenvalue weighted by atomic mass is 16.2. The molecule has 0 unspecified atom stereocenters. The number of H-pyrrole nitrogens is 1. The number of aromatic nitrogens is 3. The van der Waals surface area contributed by atoms with E-state index in [2.05, 4.69) is 34.3 Å². The van der Waals surface area contributed by atoms with Crippen molar-refractivity contribution in [1.82, 2.24) is 25.4 Å². The lowest BCUT2D eigenvalue weighted by Gasteiger charge is -2.29. The fourth-order valence-corrected chi connectivity index (χ4v) is 3.66. The summed E-state index contributed by atoms with van der Waals surface area (Å²) in [7, 11) is 0. The molecule has 0 bridgehead atoms. The molecule has 2 amide bonds. The maximum atomic E-state index is 12.8. The average molecular weight is 341 g/mol. The number of nitrogens with one attached hydrogen (secondary N) is 2. The van der Waals surface area contributed by atoms with Crippen LogP contribution in [0.4, 0.5) is 4.79 Å². The van der Waals surface area contributed by atoms with Gasteiger partial charge in [0.15, 0.2) is 0 Å². The lowest BCUT2D eigenvalue weighted by atomic mass is 9.85. The minimum atomic E-state index is -0.144. The van der Waals surface area contributed by atoms with E-state index >= 15 is 0 Å². The van der Waals surface area contributed by atoms with Crippen molar-refractivity contribution in [2.24, 2.45) is 0 Å². The third-order valence-electron chi connectivity index (χ3n) is 5.18. The van der Waals surface area contributed by atoms with E-state index in [4.69, 9.17) is 0 Å². The van der Waals surface area contributed by atoms with Crippen LogP contribution in [0.5, 0.6) is 0 Å². The van der Waals surface area contributed by atoms with Crippen LogP contribution in [0.1, 0.15) is 55.2 Å². The number of carbonyl (C=O) groups is 1. The van der Waals surface area contributed by atoms with Crippen molar-refractivity contribution in [3.05, 3.63) is 47.0 Å². The van der Waals surface area contributed by atoms with E-state index < -0.39 is 0 Å². The standard InChI is InChI=1S/C19H27N5O/c1-13-17(14(2)23-22-13)16-6-5-11-24(16)18(25)21-12-19(3,4)15-7-9-20-10-8-15/h7-10,16H,5-6,11-12H2,1-4H3,(H,21,25)(H,22,23)/t16-/m0/s1. The van der Waals surface area contributed by atoms with E-state index in [1.807, 2.05) is 30.9 Å². The van der Waals surface area contributed by atoms with E-state index in [0.29, 0.717) is 6.54 Å². The van der Waals surface area contributed by atoms with Gasteiger partial charge >= 0.3 is 6.03 Å². The summed E-state index contributed by atoms with van der Waals surface area (Å²) in [6, 6.07) is 4.12. The molecule has 1 saturated heterocycles. The van der Waals surface area contributed by atoms with E-state index in [-0.39, 0.29) is 17.5 Å². The Balaban J connectivity index is 1.69. The number of aromatic amines is 1. The Hall–Kier alpha value is -2.37. The predicted molar refractivity (Wildman–Crippen MR) is 97.4 cm³/mol. The van der Waals surface area contributed by atoms with Crippen LogP contribution in [0.2, 0.25) is 0 Å². The number of urea groups is 1. The molecular formula is C19H27N5O. The molecule has 1 aliphatic heterocycles. The summed E-state index contributed by atoms with van der Waals surface area (Å²) < 4.78 is 0. The van der Waals surface area contributed by atoms with Gasteiger partial charge in [-0.25, -0.2) is 4.79 Å². The Kier molecular flexibility index (Phi) is 4.79. The molecule has 0 spiro atoms. The van der Waals surface area contributed by atoms with E-state index in [9.17, 15) is 4.79 Å². The molecule has 2 N–H and O–H groups in total. The zero-order valence-electron chi connectivity index (χ0n) is 15.5. The Morgan fingerprint density at radius 3 is 2.72 bits per heavy atom. The van der Waals surface area contributed by atoms with Crippen molar-refractivity contribution in [3.63, 3.8) is 0 Å². The first-order chi connectivity index (χ1) is 11.9. The quantitative estimate of drug-likeness (QED) is 0.896. The number of rotatable bonds is 4. The molecule has 0 aliphatic carbocycles. The molecule has 6 heteroatoms. The number of hydrogen-bond donors (Lipinski definition) is 2. The summed E-state index contributed by atoms with van der Waals surface area (Å²) in [5.41, 5.74) is 4.23. The van der Waals surface area contributed by atoms with Gasteiger partial charge < -0.3 is 10.2 Å². The van der Waals surface area contributed by atoms with Gasteiger partial charge in [-0.1, -0.05) is 13.8 Å². The number of nitrogens with zero attached hydrogens (tertiary/aromatic N) is 3. The normalized spacial score (nSPS) is 17.8. The molecule has 3 rings (SSSR count). The number of carbonyl (C=O) groups excluding carboxylic acids is 1. The fraction of sp³-hybridized carbons (Fsp3) is 0.526. The maximum Gasteiger partial charge on any atom is 0.317 e. The minimum Gasteiger partial charge on any atom is -0.337 e. The molecule has 1 atom stereocenters. The molecule has 25 heavy (non-hydrogen) atoms. The molecule has 1 aliphatic rings. The lowest BCUT2D eigenvalue weighted by molar-refractivity contribution is 0.190. The maximum absolute atomic E-state index is 12.8. The van der Waals surface area contributed by atoms with Gasteiger partial charge in [-0.15, -0.1) is 0 Å². The number of likely N-dealkylation sites (tertiary alicyclic amines) is 1. The van der Waals surface area contributed by atoms with Crippen LogP contribution in [-0.2, 0) is 5.41 Å². The van der Waals surface area contributed by atoms with Crippen molar-refractivity contribution >= 4 is 6.03 Å². The van der Waals surface area contributed by atoms with E-state index in [1.165, 1.54) is 11.1 Å². The van der Waals surface area contributed by atoms with Gasteiger partial charge in [0.25, 0.3) is 0 Å². The second kappa shape index (κ2) is 6.86. The molecule has 2 aromatic heterocycles. The summed E-state index contributed by atoms with van der Waals surface area (Å²) in [5.74, 6) is 0. The smallest absolute Gasteiger partial charge is 0.317 e. The second-order valence-corrected chi connectivity index (χ2v) is 7.48. The van der Waals surface area contributed by atoms with Crippen molar-refractivity contribution in [2.75, 3.05) is 13.1 Å². The van der Waals surface area contributed by atoms with Crippen molar-refractivity contribution in [1.29, 1.82) is 0 Å². The Labute approximate surface area is 149 Å². The van der Waals surface area contributed by atoms with Gasteiger partial charge in [-0.05, 0) is 44.4 Å². The van der Waals surface area contributed by atoms with Crippen molar-refractivity contribution < 1.29 is 4.79 Å². The molecular weight excluding hydrogens is 314 g/mol. The number of amides is 2. The third-order valence-corrected chi connectivity index (χ3v) is 5.18. The zero-order valence-corrected chi connectivity index (χ0v) is 15.5. The highest BCUT2D eigenvalue weighted by Gasteiger charge is 2.33. The Morgan fingerprint density at radius 2 is 2.08 bits per heavy atom. The predicted octanol–water partition coefficient (Wildman–Crippen LogP) is 3.25. The lowest BCUT2D eigenvalue weighted by Crippen LogP contribution is -2.44. The highest BCUT2D eigenvalue weighted by molar-refractivity contribution is 5.75. The molecule has 134 valence electrons. The van der Waals surface area contributed by atoms with E-state index in [0.717, 1.165) is 30.8 Å². The second-order valence-electron chi connectivity index (χ2n) is 7.48. The summed E-state index contributed by atoms with van der Waals surface area (Å²) in [5, 5.41) is 10.5. The van der Waals surface area contributed by atoms with Gasteiger partial charge in [-0.3, -0.25) is 10.1 Å². The van der Waals surface area contributed by atoms with Gasteiger partial charge in [0.1, 0.15) is 0 Å². The first-order valence-corrected chi connectivity index (χ1v) is 8.86. The monoisotopic (exact) mass is 341 g/mol. The molecule has 0 radical (unpaired) electrons. The van der Waals surface area contributed by atoms with Gasteiger partial charge in [0.05, 0.1) is 11.7 Å². The highest BCUT2D eigenvalue weighted by Crippen LogP contribution is 2.34. The molecule has 0 aromatic carbocycles. The van der Waals surface area contributed by atoms with Crippen molar-refractivity contribution in [3.8, 4) is 0 Å². The van der Waals surface area contributed by atoms with Crippen molar-refractivity contribution in [2.45, 2.75) is 52.0 Å². The summed E-state index contributed by atoms with van der Waals surface area (Å²) in [4.78, 5) is 18.8. The first kappa shape index (κ1) is 17.5. The summed E-state index contributed by atoms with van der Waals surface area (Å²) in [6.07, 6.45) is 5.60. The van der Waals surface area contributed by atoms with Crippen LogP contribution in [0.15, 0.2) is 24.5 Å². The topological polar surface area (TPSA) is 73.9 Å². The van der Waals surface area contributed by atoms with Crippen LogP contribution in [0, 0.1) is 13.8 Å². The van der Waals surface area contributed by atoms with Crippen LogP contribution in [-0.4, -0.2) is 39.2 Å². The molecule has 6 nitrogen and oxygen atoms in total. The summed E-state index contributed by atoms with van der Waals surface area (Å²) >= 11 is 0. The summed E-state index contributed by atoms with van der Waals surface area (Å²) in [6.45, 7) is 9.66. The zero-order chi connectivity index (χ0) is 18.0. The van der Waals surface area contributed by atoms with Crippen LogP contribution in [0.3, 0.4) is 0 Å². The minimum absolute atomic E-state index is 0.00429. The molecule has 3 heterocycles. The first-order valence-electron chi connectivity index (χ1n) is 8.86. The fourth-order valence-electron chi connectivity index (χ4n) is 3.66. The molecule has 0 saturated carbocycles. The van der Waals surface area contributed by atoms with Gasteiger partial charge in [0.2, 0.25) is 0 Å². The number of hydrogen-bond acceptors (Lipinski definition) is 3. The molecule has 2 aromatic rings. The Bertz CT molecular complexity index is 718. The van der Waals surface area contributed by atoms with Crippen LogP contribution < -0.4 is 5.32 Å². The Morgan fingerprint density at radius 1 is 1.36 bits per heavy atom. The van der Waals surface area contributed by atoms with Crippen LogP contribution in [0.25, 0.3) is 0 Å². The van der Waals surface area contributed by atoms with Gasteiger partial charge in [0, 0.05) is 42.2 Å².